The molecule has 9 unspecified atom stereocenters. The summed E-state index contributed by atoms with van der Waals surface area (Å²) in [5, 5.41) is 11.5. The lowest BCUT2D eigenvalue weighted by Crippen LogP contribution is -2.67. The molecule has 0 aromatic carbocycles. The fourth-order valence-electron chi connectivity index (χ4n) is 9.14. The first-order valence-corrected chi connectivity index (χ1v) is 12.5. The van der Waals surface area contributed by atoms with E-state index in [0.717, 1.165) is 18.9 Å². The van der Waals surface area contributed by atoms with E-state index in [1.54, 1.807) is 0 Å². The molecule has 0 aromatic rings. The van der Waals surface area contributed by atoms with Gasteiger partial charge in [0.15, 0.2) is 0 Å². The van der Waals surface area contributed by atoms with Crippen LogP contribution in [0.4, 0.5) is 0 Å². The second kappa shape index (κ2) is 6.98. The van der Waals surface area contributed by atoms with Crippen LogP contribution in [0, 0.1) is 39.9 Å². The number of ether oxygens (including phenoxy) is 1. The van der Waals surface area contributed by atoms with Crippen molar-refractivity contribution in [1.29, 1.82) is 0 Å². The first-order valence-electron chi connectivity index (χ1n) is 12.5. The highest BCUT2D eigenvalue weighted by atomic mass is 16.5. The molecule has 3 aliphatic carbocycles. The Labute approximate surface area is 174 Å². The van der Waals surface area contributed by atoms with Crippen LogP contribution < -0.4 is 0 Å². The Morgan fingerprint density at radius 1 is 0.857 bits per heavy atom. The smallest absolute Gasteiger partial charge is 0.0945 e. The van der Waals surface area contributed by atoms with E-state index in [1.807, 2.05) is 0 Å². The van der Waals surface area contributed by atoms with Crippen molar-refractivity contribution in [2.75, 3.05) is 6.61 Å². The SMILES string of the molecule is CCC1CCC2C3(C)CCC4C(C)(CC)CCCC4(C)C3CC(O)C2(C)OC1. The van der Waals surface area contributed by atoms with Crippen LogP contribution in [-0.4, -0.2) is 23.4 Å². The number of rotatable bonds is 2. The zero-order valence-corrected chi connectivity index (χ0v) is 19.5. The number of aliphatic hydroxyl groups is 1. The fourth-order valence-corrected chi connectivity index (χ4v) is 9.14. The van der Waals surface area contributed by atoms with Crippen molar-refractivity contribution < 1.29 is 9.84 Å². The molecule has 1 N–H and O–H groups in total. The van der Waals surface area contributed by atoms with Gasteiger partial charge in [0.2, 0.25) is 0 Å². The quantitative estimate of drug-likeness (QED) is 0.575. The lowest BCUT2D eigenvalue weighted by atomic mass is 9.37. The Morgan fingerprint density at radius 2 is 1.57 bits per heavy atom. The largest absolute Gasteiger partial charge is 0.390 e. The molecule has 4 rings (SSSR count). The molecule has 28 heavy (non-hydrogen) atoms. The van der Waals surface area contributed by atoms with Crippen molar-refractivity contribution >= 4 is 0 Å². The summed E-state index contributed by atoms with van der Waals surface area (Å²) < 4.78 is 6.61. The Hall–Kier alpha value is -0.0800. The van der Waals surface area contributed by atoms with Gasteiger partial charge in [-0.2, -0.15) is 0 Å². The van der Waals surface area contributed by atoms with E-state index >= 15 is 0 Å². The second-order valence-corrected chi connectivity index (χ2v) is 12.2. The maximum Gasteiger partial charge on any atom is 0.0945 e. The highest BCUT2D eigenvalue weighted by Crippen LogP contribution is 2.71. The molecule has 9 atom stereocenters. The molecule has 1 heterocycles. The van der Waals surface area contributed by atoms with Crippen molar-refractivity contribution in [3.63, 3.8) is 0 Å². The Morgan fingerprint density at radius 3 is 2.25 bits per heavy atom. The Balaban J connectivity index is 1.72. The third-order valence-electron chi connectivity index (χ3n) is 11.2. The topological polar surface area (TPSA) is 29.5 Å². The summed E-state index contributed by atoms with van der Waals surface area (Å²) in [4.78, 5) is 0. The maximum atomic E-state index is 11.5. The first-order chi connectivity index (χ1) is 13.1. The van der Waals surface area contributed by atoms with Crippen LogP contribution in [0.25, 0.3) is 0 Å². The fraction of sp³-hybridized carbons (Fsp3) is 1.00. The van der Waals surface area contributed by atoms with Crippen molar-refractivity contribution in [3.05, 3.63) is 0 Å². The van der Waals surface area contributed by atoms with E-state index in [-0.39, 0.29) is 11.7 Å². The van der Waals surface area contributed by atoms with E-state index < -0.39 is 0 Å². The molecule has 2 heteroatoms. The van der Waals surface area contributed by atoms with Crippen molar-refractivity contribution in [2.45, 2.75) is 117 Å². The van der Waals surface area contributed by atoms with E-state index in [2.05, 4.69) is 41.5 Å². The highest BCUT2D eigenvalue weighted by molar-refractivity contribution is 5.16. The maximum absolute atomic E-state index is 11.5. The summed E-state index contributed by atoms with van der Waals surface area (Å²) in [6, 6.07) is 0. The molecule has 1 aliphatic heterocycles. The minimum Gasteiger partial charge on any atom is -0.390 e. The summed E-state index contributed by atoms with van der Waals surface area (Å²) in [5.41, 5.74) is 0.844. The summed E-state index contributed by atoms with van der Waals surface area (Å²) in [7, 11) is 0. The molecule has 0 radical (unpaired) electrons. The molecule has 4 aliphatic rings. The monoisotopic (exact) mass is 390 g/mol. The summed E-state index contributed by atoms with van der Waals surface area (Å²) >= 11 is 0. The van der Waals surface area contributed by atoms with Crippen LogP contribution in [0.3, 0.4) is 0 Å². The van der Waals surface area contributed by atoms with Gasteiger partial charge >= 0.3 is 0 Å². The minimum atomic E-state index is -0.346. The van der Waals surface area contributed by atoms with Crippen molar-refractivity contribution in [2.24, 2.45) is 39.9 Å². The van der Waals surface area contributed by atoms with Gasteiger partial charge < -0.3 is 9.84 Å². The molecule has 162 valence electrons. The summed E-state index contributed by atoms with van der Waals surface area (Å²) in [5.74, 6) is 2.63. The molecule has 0 spiro atoms. The van der Waals surface area contributed by atoms with Crippen molar-refractivity contribution in [1.82, 2.24) is 0 Å². The van der Waals surface area contributed by atoms with Crippen LogP contribution in [-0.2, 0) is 4.74 Å². The molecule has 0 amide bonds. The Kier molecular flexibility index (Phi) is 5.27. The third kappa shape index (κ3) is 2.79. The standard InChI is InChI=1S/C26H46O2/c1-7-18-10-11-20-25(5)15-12-19-23(3,8-2)13-9-14-24(19,4)21(25)16-22(27)26(20,6)28-17-18/h18-22,27H,7-17H2,1-6H3. The average Bonchev–Trinajstić information content (AvgIpc) is 2.84. The van der Waals surface area contributed by atoms with Gasteiger partial charge in [-0.05, 0) is 91.8 Å². The van der Waals surface area contributed by atoms with Gasteiger partial charge in [-0.15, -0.1) is 0 Å². The molecule has 4 fully saturated rings. The van der Waals surface area contributed by atoms with Crippen LogP contribution in [0.5, 0.6) is 0 Å². The van der Waals surface area contributed by atoms with Gasteiger partial charge in [0, 0.05) is 0 Å². The van der Waals surface area contributed by atoms with Gasteiger partial charge in [0.25, 0.3) is 0 Å². The molecular formula is C26H46O2. The zero-order chi connectivity index (χ0) is 20.4. The second-order valence-electron chi connectivity index (χ2n) is 12.2. The van der Waals surface area contributed by atoms with Gasteiger partial charge in [0.1, 0.15) is 0 Å². The molecule has 0 aromatic heterocycles. The normalized spacial score (nSPS) is 56.9. The Bertz CT molecular complexity index is 589. The summed E-state index contributed by atoms with van der Waals surface area (Å²) in [6.07, 6.45) is 12.5. The van der Waals surface area contributed by atoms with Crippen LogP contribution in [0.2, 0.25) is 0 Å². The van der Waals surface area contributed by atoms with Gasteiger partial charge in [-0.25, -0.2) is 0 Å². The molecule has 1 saturated heterocycles. The number of hydrogen-bond acceptors (Lipinski definition) is 2. The average molecular weight is 391 g/mol. The van der Waals surface area contributed by atoms with Crippen LogP contribution >= 0.6 is 0 Å². The predicted octanol–water partition coefficient (Wildman–Crippen LogP) is 6.60. The molecular weight excluding hydrogens is 344 g/mol. The van der Waals surface area contributed by atoms with Gasteiger partial charge in [-0.1, -0.05) is 53.9 Å². The van der Waals surface area contributed by atoms with Crippen LogP contribution in [0.1, 0.15) is 106 Å². The molecule has 2 nitrogen and oxygen atoms in total. The number of fused-ring (bicyclic) bond motifs is 5. The highest BCUT2D eigenvalue weighted by Gasteiger charge is 2.67. The summed E-state index contributed by atoms with van der Waals surface area (Å²) in [6.45, 7) is 15.6. The van der Waals surface area contributed by atoms with Gasteiger partial charge in [0.05, 0.1) is 18.3 Å². The zero-order valence-electron chi connectivity index (χ0n) is 19.5. The first kappa shape index (κ1) is 21.2. The molecule has 0 bridgehead atoms. The van der Waals surface area contributed by atoms with Crippen LogP contribution in [0.15, 0.2) is 0 Å². The van der Waals surface area contributed by atoms with E-state index in [1.165, 1.54) is 57.8 Å². The predicted molar refractivity (Wildman–Crippen MR) is 116 cm³/mol. The molecule has 3 saturated carbocycles. The van der Waals surface area contributed by atoms with E-state index in [4.69, 9.17) is 4.74 Å². The third-order valence-corrected chi connectivity index (χ3v) is 11.2. The van der Waals surface area contributed by atoms with Gasteiger partial charge in [-0.3, -0.25) is 0 Å². The minimum absolute atomic E-state index is 0.309. The number of aliphatic hydroxyl groups excluding tert-OH is 1. The lowest BCUT2D eigenvalue weighted by Gasteiger charge is -2.69. The van der Waals surface area contributed by atoms with E-state index in [9.17, 15) is 5.11 Å². The van der Waals surface area contributed by atoms with Crippen molar-refractivity contribution in [3.8, 4) is 0 Å². The van der Waals surface area contributed by atoms with E-state index in [0.29, 0.717) is 34.0 Å². The lowest BCUT2D eigenvalue weighted by molar-refractivity contribution is -0.259. The number of hydrogen-bond donors (Lipinski definition) is 1.